The van der Waals surface area contributed by atoms with Crippen LogP contribution in [-0.2, 0) is 4.74 Å². The van der Waals surface area contributed by atoms with Crippen LogP contribution < -0.4 is 10.2 Å². The molecular formula is C18H20F3N5O2. The number of piperazine rings is 1. The van der Waals surface area contributed by atoms with Gasteiger partial charge in [-0.3, -0.25) is 0 Å². The van der Waals surface area contributed by atoms with E-state index < -0.39 is 17.5 Å². The van der Waals surface area contributed by atoms with E-state index in [1.807, 2.05) is 4.90 Å². The molecule has 150 valence electrons. The van der Waals surface area contributed by atoms with E-state index in [4.69, 9.17) is 4.74 Å². The van der Waals surface area contributed by atoms with Crippen LogP contribution in [-0.4, -0.2) is 53.7 Å². The van der Waals surface area contributed by atoms with Gasteiger partial charge in [0, 0.05) is 37.9 Å². The van der Waals surface area contributed by atoms with Crippen molar-refractivity contribution in [1.82, 2.24) is 14.9 Å². The number of hydrogen-bond donors (Lipinski definition) is 1. The van der Waals surface area contributed by atoms with E-state index in [-0.39, 0.29) is 17.6 Å². The Hall–Kier alpha value is -3.04. The second-order valence-corrected chi connectivity index (χ2v) is 6.22. The minimum absolute atomic E-state index is 0.227. The molecule has 1 aliphatic rings. The molecule has 1 amide bonds. The molecule has 1 fully saturated rings. The highest BCUT2D eigenvalue weighted by molar-refractivity contribution is 5.68. The van der Waals surface area contributed by atoms with Gasteiger partial charge in [0.2, 0.25) is 5.95 Å². The Balaban J connectivity index is 1.74. The number of benzene rings is 1. The van der Waals surface area contributed by atoms with Crippen LogP contribution in [0.1, 0.15) is 12.6 Å². The third kappa shape index (κ3) is 4.26. The highest BCUT2D eigenvalue weighted by Gasteiger charge is 2.24. The van der Waals surface area contributed by atoms with Crippen LogP contribution in [0.3, 0.4) is 0 Å². The molecule has 0 aliphatic carbocycles. The van der Waals surface area contributed by atoms with E-state index in [0.29, 0.717) is 44.4 Å². The number of hydrogen-bond acceptors (Lipinski definition) is 6. The lowest BCUT2D eigenvalue weighted by Gasteiger charge is -2.34. The van der Waals surface area contributed by atoms with E-state index in [1.165, 1.54) is 0 Å². The zero-order chi connectivity index (χ0) is 20.3. The number of amides is 1. The number of aryl methyl sites for hydroxylation is 1. The van der Waals surface area contributed by atoms with E-state index >= 15 is 0 Å². The fourth-order valence-electron chi connectivity index (χ4n) is 2.82. The highest BCUT2D eigenvalue weighted by atomic mass is 19.2. The predicted octanol–water partition coefficient (Wildman–Crippen LogP) is 3.22. The molecule has 0 unspecified atom stereocenters. The number of nitrogens with zero attached hydrogens (tertiary/aromatic N) is 4. The van der Waals surface area contributed by atoms with Crippen molar-refractivity contribution in [2.45, 2.75) is 13.8 Å². The lowest BCUT2D eigenvalue weighted by Crippen LogP contribution is -2.49. The largest absolute Gasteiger partial charge is 0.450 e. The van der Waals surface area contributed by atoms with Crippen LogP contribution >= 0.6 is 0 Å². The summed E-state index contributed by atoms with van der Waals surface area (Å²) in [6.07, 6.45) is -0.358. The summed E-state index contributed by atoms with van der Waals surface area (Å²) >= 11 is 0. The average Bonchev–Trinajstić information content (AvgIpc) is 2.68. The normalized spacial score (nSPS) is 14.2. The minimum atomic E-state index is -1.55. The molecular weight excluding hydrogens is 375 g/mol. The number of anilines is 3. The van der Waals surface area contributed by atoms with Crippen molar-refractivity contribution in [3.8, 4) is 0 Å². The average molecular weight is 395 g/mol. The van der Waals surface area contributed by atoms with E-state index in [2.05, 4.69) is 15.3 Å². The van der Waals surface area contributed by atoms with Crippen molar-refractivity contribution < 1.29 is 22.7 Å². The van der Waals surface area contributed by atoms with Crippen molar-refractivity contribution >= 4 is 23.5 Å². The van der Waals surface area contributed by atoms with Gasteiger partial charge < -0.3 is 19.9 Å². The third-order valence-corrected chi connectivity index (χ3v) is 4.23. The molecule has 28 heavy (non-hydrogen) atoms. The van der Waals surface area contributed by atoms with Gasteiger partial charge in [0.25, 0.3) is 0 Å². The molecule has 2 heterocycles. The molecule has 7 nitrogen and oxygen atoms in total. The molecule has 1 N–H and O–H groups in total. The molecule has 0 saturated carbocycles. The number of rotatable bonds is 4. The molecule has 0 bridgehead atoms. The van der Waals surface area contributed by atoms with Gasteiger partial charge in [0.15, 0.2) is 17.5 Å². The molecule has 0 radical (unpaired) electrons. The summed E-state index contributed by atoms with van der Waals surface area (Å²) in [6.45, 7) is 5.72. The quantitative estimate of drug-likeness (QED) is 0.802. The Kier molecular flexibility index (Phi) is 5.86. The second kappa shape index (κ2) is 8.32. The van der Waals surface area contributed by atoms with Gasteiger partial charge in [-0.1, -0.05) is 0 Å². The number of nitrogens with one attached hydrogen (secondary N) is 1. The smallest absolute Gasteiger partial charge is 0.409 e. The van der Waals surface area contributed by atoms with Crippen molar-refractivity contribution in [3.63, 3.8) is 0 Å². The second-order valence-electron chi connectivity index (χ2n) is 6.22. The summed E-state index contributed by atoms with van der Waals surface area (Å²) in [6, 6.07) is 3.51. The fraction of sp³-hybridized carbons (Fsp3) is 0.389. The summed E-state index contributed by atoms with van der Waals surface area (Å²) in [5.74, 6) is -3.48. The number of halogens is 3. The maximum atomic E-state index is 13.9. The molecule has 0 spiro atoms. The van der Waals surface area contributed by atoms with E-state index in [1.54, 1.807) is 24.8 Å². The Bertz CT molecular complexity index is 873. The summed E-state index contributed by atoms with van der Waals surface area (Å²) in [7, 11) is 0. The van der Waals surface area contributed by atoms with Crippen molar-refractivity contribution in [2.75, 3.05) is 43.0 Å². The number of aromatic nitrogens is 2. The van der Waals surface area contributed by atoms with Crippen molar-refractivity contribution in [2.24, 2.45) is 0 Å². The lowest BCUT2D eigenvalue weighted by atomic mass is 10.2. The maximum Gasteiger partial charge on any atom is 0.409 e. The highest BCUT2D eigenvalue weighted by Crippen LogP contribution is 2.24. The maximum absolute atomic E-state index is 13.9. The van der Waals surface area contributed by atoms with Crippen molar-refractivity contribution in [3.05, 3.63) is 41.3 Å². The summed E-state index contributed by atoms with van der Waals surface area (Å²) < 4.78 is 45.4. The molecule has 1 aliphatic heterocycles. The zero-order valence-corrected chi connectivity index (χ0v) is 15.5. The topological polar surface area (TPSA) is 70.6 Å². The monoisotopic (exact) mass is 395 g/mol. The van der Waals surface area contributed by atoms with Gasteiger partial charge in [-0.05, 0) is 26.0 Å². The van der Waals surface area contributed by atoms with Gasteiger partial charge >= 0.3 is 6.09 Å². The Morgan fingerprint density at radius 2 is 1.86 bits per heavy atom. The van der Waals surface area contributed by atoms with Crippen LogP contribution in [0.2, 0.25) is 0 Å². The van der Waals surface area contributed by atoms with Crippen LogP contribution in [0.4, 0.5) is 35.4 Å². The molecule has 1 aromatic heterocycles. The fourth-order valence-corrected chi connectivity index (χ4v) is 2.82. The van der Waals surface area contributed by atoms with Gasteiger partial charge in [-0.2, -0.15) is 4.98 Å². The molecule has 1 aromatic carbocycles. The van der Waals surface area contributed by atoms with Gasteiger partial charge in [-0.15, -0.1) is 0 Å². The van der Waals surface area contributed by atoms with Gasteiger partial charge in [0.05, 0.1) is 12.3 Å². The number of carbonyl (C=O) groups is 1. The molecule has 1 saturated heterocycles. The first-order valence-electron chi connectivity index (χ1n) is 8.82. The van der Waals surface area contributed by atoms with Crippen LogP contribution in [0.25, 0.3) is 0 Å². The van der Waals surface area contributed by atoms with E-state index in [0.717, 1.165) is 12.1 Å². The minimum Gasteiger partial charge on any atom is -0.450 e. The lowest BCUT2D eigenvalue weighted by molar-refractivity contribution is 0.105. The molecule has 2 aromatic rings. The van der Waals surface area contributed by atoms with Crippen LogP contribution in [0.5, 0.6) is 0 Å². The van der Waals surface area contributed by atoms with Gasteiger partial charge in [-0.25, -0.2) is 22.9 Å². The van der Waals surface area contributed by atoms with Crippen LogP contribution in [0, 0.1) is 24.4 Å². The number of carbonyl (C=O) groups excluding carboxylic acids is 1. The summed E-state index contributed by atoms with van der Waals surface area (Å²) in [5, 5.41) is 2.66. The van der Waals surface area contributed by atoms with E-state index in [9.17, 15) is 18.0 Å². The van der Waals surface area contributed by atoms with Crippen molar-refractivity contribution in [1.29, 1.82) is 0 Å². The van der Waals surface area contributed by atoms with Gasteiger partial charge in [0.1, 0.15) is 5.82 Å². The standard InChI is InChI=1S/C18H20F3N5O2/c1-3-28-18(27)26-8-6-25(7-9-26)17-22-11(2)10-14(24-17)23-13-5-4-12(19)15(20)16(13)21/h4-5,10H,3,6-9H2,1-2H3,(H,22,23,24). The summed E-state index contributed by atoms with van der Waals surface area (Å²) in [5.41, 5.74) is 0.387. The Morgan fingerprint density at radius 3 is 2.54 bits per heavy atom. The first-order chi connectivity index (χ1) is 13.4. The number of ether oxygens (including phenoxy) is 1. The SMILES string of the molecule is CCOC(=O)N1CCN(c2nc(C)cc(Nc3ccc(F)c(F)c3F)n2)CC1. The third-order valence-electron chi connectivity index (χ3n) is 4.23. The Morgan fingerprint density at radius 1 is 1.14 bits per heavy atom. The first kappa shape index (κ1) is 19.7. The van der Waals surface area contributed by atoms with Crippen LogP contribution in [0.15, 0.2) is 18.2 Å². The molecule has 3 rings (SSSR count). The molecule has 10 heteroatoms. The molecule has 0 atom stereocenters. The predicted molar refractivity (Wildman–Crippen MR) is 97.2 cm³/mol. The zero-order valence-electron chi connectivity index (χ0n) is 15.5. The first-order valence-corrected chi connectivity index (χ1v) is 8.82. The summed E-state index contributed by atoms with van der Waals surface area (Å²) in [4.78, 5) is 24.0. The Labute approximate surface area is 160 Å².